The quantitative estimate of drug-likeness (QED) is 0.148. The number of benzene rings is 2. The van der Waals surface area contributed by atoms with Crippen molar-refractivity contribution in [2.75, 3.05) is 26.4 Å². The van der Waals surface area contributed by atoms with Crippen molar-refractivity contribution in [1.29, 1.82) is 0 Å². The first-order valence-corrected chi connectivity index (χ1v) is 20.2. The Kier molecular flexibility index (Phi) is 12.8. The molecule has 7 heteroatoms. The van der Waals surface area contributed by atoms with Gasteiger partial charge in [0.2, 0.25) is 0 Å². The van der Waals surface area contributed by atoms with Gasteiger partial charge < -0.3 is 23.1 Å². The number of hydrogen-bond donors (Lipinski definition) is 0. The SMILES string of the molecule is CC(C)(C)[Si](C)(C)OCCCOc1ccc(COCc2ccc(OCCCO[Si](C)(C)C(C)(C)C)cc2)cc1. The first-order valence-electron chi connectivity index (χ1n) is 14.4. The monoisotopic (exact) mass is 574 g/mol. The van der Waals surface area contributed by atoms with Gasteiger partial charge in [-0.05, 0) is 71.7 Å². The fraction of sp³-hybridized carbons (Fsp3) is 0.625. The van der Waals surface area contributed by atoms with E-state index < -0.39 is 16.6 Å². The molecule has 0 radical (unpaired) electrons. The predicted molar refractivity (Wildman–Crippen MR) is 168 cm³/mol. The summed E-state index contributed by atoms with van der Waals surface area (Å²) >= 11 is 0. The Labute approximate surface area is 240 Å². The van der Waals surface area contributed by atoms with E-state index in [4.69, 9.17) is 23.1 Å². The summed E-state index contributed by atoms with van der Waals surface area (Å²) in [7, 11) is -3.36. The molecule has 0 saturated carbocycles. The molecule has 0 bridgehead atoms. The Morgan fingerprint density at radius 2 is 0.846 bits per heavy atom. The lowest BCUT2D eigenvalue weighted by atomic mass is 10.2. The molecule has 0 aliphatic heterocycles. The zero-order valence-corrected chi connectivity index (χ0v) is 28.3. The second kappa shape index (κ2) is 14.8. The fourth-order valence-corrected chi connectivity index (χ4v) is 5.41. The molecule has 0 N–H and O–H groups in total. The van der Waals surface area contributed by atoms with Gasteiger partial charge in [0.05, 0.1) is 26.4 Å². The molecule has 0 amide bonds. The van der Waals surface area contributed by atoms with Crippen LogP contribution in [0.5, 0.6) is 11.5 Å². The molecule has 0 saturated heterocycles. The Morgan fingerprint density at radius 3 is 1.15 bits per heavy atom. The maximum Gasteiger partial charge on any atom is 0.191 e. The number of hydrogen-bond acceptors (Lipinski definition) is 5. The van der Waals surface area contributed by atoms with E-state index in [-0.39, 0.29) is 10.1 Å². The second-order valence-electron chi connectivity index (χ2n) is 13.4. The minimum Gasteiger partial charge on any atom is -0.494 e. The summed E-state index contributed by atoms with van der Waals surface area (Å²) in [6.45, 7) is 26.7. The van der Waals surface area contributed by atoms with Crippen LogP contribution in [0, 0.1) is 0 Å². The topological polar surface area (TPSA) is 46.2 Å². The number of ether oxygens (including phenoxy) is 3. The zero-order valence-electron chi connectivity index (χ0n) is 26.3. The van der Waals surface area contributed by atoms with Crippen LogP contribution in [0.25, 0.3) is 0 Å². The van der Waals surface area contributed by atoms with Gasteiger partial charge >= 0.3 is 0 Å². The first-order chi connectivity index (χ1) is 18.1. The predicted octanol–water partition coefficient (Wildman–Crippen LogP) is 8.98. The summed E-state index contributed by atoms with van der Waals surface area (Å²) < 4.78 is 30.1. The van der Waals surface area contributed by atoms with E-state index in [0.29, 0.717) is 26.4 Å². The summed E-state index contributed by atoms with van der Waals surface area (Å²) in [4.78, 5) is 0. The summed E-state index contributed by atoms with van der Waals surface area (Å²) in [6.07, 6.45) is 1.79. The van der Waals surface area contributed by atoms with Crippen molar-refractivity contribution in [3.8, 4) is 11.5 Å². The minimum atomic E-state index is -1.68. The largest absolute Gasteiger partial charge is 0.494 e. The third-order valence-corrected chi connectivity index (χ3v) is 17.1. The summed E-state index contributed by atoms with van der Waals surface area (Å²) in [5, 5.41) is 0.481. The normalized spacial score (nSPS) is 13.0. The maximum atomic E-state index is 6.22. The van der Waals surface area contributed by atoms with Crippen LogP contribution in [0.3, 0.4) is 0 Å². The third-order valence-electron chi connectivity index (χ3n) is 8.04. The zero-order chi connectivity index (χ0) is 29.2. The van der Waals surface area contributed by atoms with Gasteiger partial charge in [0.1, 0.15) is 11.5 Å². The van der Waals surface area contributed by atoms with Gasteiger partial charge in [-0.25, -0.2) is 0 Å². The van der Waals surface area contributed by atoms with Crippen LogP contribution >= 0.6 is 0 Å². The van der Waals surface area contributed by atoms with Gasteiger partial charge in [0.25, 0.3) is 0 Å². The third kappa shape index (κ3) is 11.8. The molecule has 2 aromatic rings. The van der Waals surface area contributed by atoms with Crippen LogP contribution in [-0.2, 0) is 26.8 Å². The van der Waals surface area contributed by atoms with E-state index in [1.165, 1.54) is 0 Å². The Bertz CT molecular complexity index is 879. The highest BCUT2D eigenvalue weighted by molar-refractivity contribution is 6.74. The van der Waals surface area contributed by atoms with Crippen molar-refractivity contribution < 1.29 is 23.1 Å². The van der Waals surface area contributed by atoms with Gasteiger partial charge in [0.15, 0.2) is 16.6 Å². The number of rotatable bonds is 16. The Morgan fingerprint density at radius 1 is 0.513 bits per heavy atom. The molecular weight excluding hydrogens is 521 g/mol. The molecule has 2 rings (SSSR count). The van der Waals surface area contributed by atoms with E-state index in [0.717, 1.165) is 48.7 Å². The van der Waals surface area contributed by atoms with Crippen molar-refractivity contribution in [2.45, 2.75) is 104 Å². The smallest absolute Gasteiger partial charge is 0.191 e. The van der Waals surface area contributed by atoms with Crippen molar-refractivity contribution in [1.82, 2.24) is 0 Å². The average Bonchev–Trinajstić information content (AvgIpc) is 2.84. The van der Waals surface area contributed by atoms with E-state index in [2.05, 4.69) is 92.0 Å². The van der Waals surface area contributed by atoms with Crippen LogP contribution in [0.4, 0.5) is 0 Å². The molecule has 39 heavy (non-hydrogen) atoms. The highest BCUT2D eigenvalue weighted by atomic mass is 28.4. The Balaban J connectivity index is 1.61. The molecule has 5 nitrogen and oxygen atoms in total. The molecular formula is C32H54O5Si2. The van der Waals surface area contributed by atoms with Gasteiger partial charge in [0, 0.05) is 26.1 Å². The molecule has 0 atom stereocenters. The van der Waals surface area contributed by atoms with Crippen LogP contribution in [0.15, 0.2) is 48.5 Å². The molecule has 0 unspecified atom stereocenters. The Hall–Kier alpha value is -1.65. The van der Waals surface area contributed by atoms with Crippen LogP contribution in [0.1, 0.15) is 65.5 Å². The molecule has 0 fully saturated rings. The maximum absolute atomic E-state index is 6.22. The van der Waals surface area contributed by atoms with Crippen LogP contribution in [0.2, 0.25) is 36.3 Å². The van der Waals surface area contributed by atoms with Gasteiger partial charge in [-0.1, -0.05) is 65.8 Å². The summed E-state index contributed by atoms with van der Waals surface area (Å²) in [5.74, 6) is 1.77. The summed E-state index contributed by atoms with van der Waals surface area (Å²) in [5.41, 5.74) is 2.26. The van der Waals surface area contributed by atoms with Gasteiger partial charge in [-0.15, -0.1) is 0 Å². The van der Waals surface area contributed by atoms with E-state index >= 15 is 0 Å². The van der Waals surface area contributed by atoms with Gasteiger partial charge in [-0.2, -0.15) is 0 Å². The van der Waals surface area contributed by atoms with E-state index in [9.17, 15) is 0 Å². The molecule has 0 spiro atoms. The average molecular weight is 575 g/mol. The highest BCUT2D eigenvalue weighted by Crippen LogP contribution is 2.37. The fourth-order valence-electron chi connectivity index (χ4n) is 3.24. The molecule has 0 aromatic heterocycles. The van der Waals surface area contributed by atoms with Crippen LogP contribution < -0.4 is 9.47 Å². The molecule has 0 aliphatic carbocycles. The lowest BCUT2D eigenvalue weighted by Gasteiger charge is -2.36. The molecule has 0 aliphatic rings. The van der Waals surface area contributed by atoms with Crippen molar-refractivity contribution in [3.63, 3.8) is 0 Å². The minimum absolute atomic E-state index is 0.240. The van der Waals surface area contributed by atoms with E-state index in [1.807, 2.05) is 24.3 Å². The van der Waals surface area contributed by atoms with Crippen molar-refractivity contribution in [3.05, 3.63) is 59.7 Å². The standard InChI is InChI=1S/C32H54O5Si2/c1-31(2,3)38(7,8)36-23-11-21-34-29-17-13-27(14-18-29)25-33-26-28-15-19-30(20-16-28)35-22-12-24-37-39(9,10)32(4,5)6/h13-20H,11-12,21-26H2,1-10H3. The second-order valence-corrected chi connectivity index (χ2v) is 23.0. The van der Waals surface area contributed by atoms with Crippen molar-refractivity contribution >= 4 is 16.6 Å². The van der Waals surface area contributed by atoms with Crippen LogP contribution in [-0.4, -0.2) is 43.1 Å². The molecule has 220 valence electrons. The van der Waals surface area contributed by atoms with Crippen molar-refractivity contribution in [2.24, 2.45) is 0 Å². The highest BCUT2D eigenvalue weighted by Gasteiger charge is 2.37. The first kappa shape index (κ1) is 33.6. The lowest BCUT2D eigenvalue weighted by Crippen LogP contribution is -2.41. The molecule has 2 aromatic carbocycles. The molecule has 0 heterocycles. The van der Waals surface area contributed by atoms with E-state index in [1.54, 1.807) is 0 Å². The lowest BCUT2D eigenvalue weighted by molar-refractivity contribution is 0.107. The summed E-state index contributed by atoms with van der Waals surface area (Å²) in [6, 6.07) is 16.3. The van der Waals surface area contributed by atoms with Gasteiger partial charge in [-0.3, -0.25) is 0 Å².